The number of carbonyl (C=O) groups excluding carboxylic acids is 1. The highest BCUT2D eigenvalue weighted by molar-refractivity contribution is 5.85. The number of carbonyl (C=O) groups is 1. The van der Waals surface area contributed by atoms with Crippen molar-refractivity contribution in [1.82, 2.24) is 5.32 Å². The van der Waals surface area contributed by atoms with Crippen molar-refractivity contribution in [2.75, 3.05) is 0 Å². The van der Waals surface area contributed by atoms with Crippen molar-refractivity contribution < 1.29 is 4.79 Å². The van der Waals surface area contributed by atoms with Gasteiger partial charge >= 0.3 is 0 Å². The summed E-state index contributed by atoms with van der Waals surface area (Å²) in [6.07, 6.45) is 1.65. The molecule has 0 aromatic carbocycles. The van der Waals surface area contributed by atoms with Crippen LogP contribution >= 0.6 is 0 Å². The van der Waals surface area contributed by atoms with Gasteiger partial charge in [0.25, 0.3) is 0 Å². The first-order valence-corrected chi connectivity index (χ1v) is 5.39. The molecule has 1 amide bonds. The maximum absolute atomic E-state index is 11.7. The van der Waals surface area contributed by atoms with Gasteiger partial charge in [0.05, 0.1) is 5.54 Å². The molecule has 0 fully saturated rings. The van der Waals surface area contributed by atoms with Crippen LogP contribution < -0.4 is 11.1 Å². The van der Waals surface area contributed by atoms with E-state index in [1.54, 1.807) is 6.92 Å². The highest BCUT2D eigenvalue weighted by Crippen LogP contribution is 2.08. The lowest BCUT2D eigenvalue weighted by atomic mass is 9.98. The topological polar surface area (TPSA) is 55.1 Å². The molecule has 0 bridgehead atoms. The normalized spacial score (nSPS) is 17.6. The third-order valence-corrected chi connectivity index (χ3v) is 2.46. The fourth-order valence-electron chi connectivity index (χ4n) is 1.32. The van der Waals surface area contributed by atoms with E-state index in [0.717, 1.165) is 6.42 Å². The highest BCUT2D eigenvalue weighted by atomic mass is 16.2. The summed E-state index contributed by atoms with van der Waals surface area (Å²) in [5.41, 5.74) is 5.10. The number of hydrogen-bond acceptors (Lipinski definition) is 2. The first-order valence-electron chi connectivity index (χ1n) is 5.39. The molecule has 0 aromatic heterocycles. The third kappa shape index (κ3) is 4.61. The van der Waals surface area contributed by atoms with E-state index in [-0.39, 0.29) is 11.9 Å². The van der Waals surface area contributed by atoms with Crippen LogP contribution in [0.1, 0.15) is 47.5 Å². The summed E-state index contributed by atoms with van der Waals surface area (Å²) in [7, 11) is 0. The van der Waals surface area contributed by atoms with Crippen LogP contribution in [0.5, 0.6) is 0 Å². The van der Waals surface area contributed by atoms with Gasteiger partial charge in [-0.15, -0.1) is 0 Å². The standard InChI is InChI=1S/C11H24N2O/c1-6-11(5,12)10(14)13-9(4)7-8(2)3/h8-9H,6-7,12H2,1-5H3,(H,13,14). The molecule has 0 aliphatic carbocycles. The minimum absolute atomic E-state index is 0.0480. The van der Waals surface area contributed by atoms with E-state index in [1.165, 1.54) is 0 Å². The van der Waals surface area contributed by atoms with Gasteiger partial charge in [0, 0.05) is 6.04 Å². The Morgan fingerprint density at radius 2 is 1.93 bits per heavy atom. The molecule has 84 valence electrons. The minimum atomic E-state index is -0.731. The molecule has 0 rings (SSSR count). The van der Waals surface area contributed by atoms with Crippen molar-refractivity contribution >= 4 is 5.91 Å². The van der Waals surface area contributed by atoms with Crippen LogP contribution in [0.25, 0.3) is 0 Å². The molecule has 0 aliphatic heterocycles. The lowest BCUT2D eigenvalue weighted by Gasteiger charge is -2.25. The van der Waals surface area contributed by atoms with Crippen LogP contribution in [0, 0.1) is 5.92 Å². The molecule has 3 N–H and O–H groups in total. The third-order valence-electron chi connectivity index (χ3n) is 2.46. The molecule has 14 heavy (non-hydrogen) atoms. The van der Waals surface area contributed by atoms with Crippen LogP contribution in [0.3, 0.4) is 0 Å². The summed E-state index contributed by atoms with van der Waals surface area (Å²) in [6, 6.07) is 0.205. The lowest BCUT2D eigenvalue weighted by Crippen LogP contribution is -2.53. The van der Waals surface area contributed by atoms with Crippen LogP contribution in [0.2, 0.25) is 0 Å². The molecule has 0 saturated heterocycles. The van der Waals surface area contributed by atoms with E-state index >= 15 is 0 Å². The molecule has 0 spiro atoms. The maximum Gasteiger partial charge on any atom is 0.239 e. The van der Waals surface area contributed by atoms with Gasteiger partial charge in [0.2, 0.25) is 5.91 Å². The van der Waals surface area contributed by atoms with Gasteiger partial charge in [-0.1, -0.05) is 20.8 Å². The quantitative estimate of drug-likeness (QED) is 0.709. The summed E-state index contributed by atoms with van der Waals surface area (Å²) in [5.74, 6) is 0.545. The molecular formula is C11H24N2O. The first kappa shape index (κ1) is 13.4. The Kier molecular flexibility index (Phi) is 5.13. The SMILES string of the molecule is CCC(C)(N)C(=O)NC(C)CC(C)C. The zero-order valence-corrected chi connectivity index (χ0v) is 10.1. The zero-order chi connectivity index (χ0) is 11.4. The first-order chi connectivity index (χ1) is 6.29. The van der Waals surface area contributed by atoms with Gasteiger partial charge in [-0.25, -0.2) is 0 Å². The smallest absolute Gasteiger partial charge is 0.239 e. The molecular weight excluding hydrogens is 176 g/mol. The Hall–Kier alpha value is -0.570. The number of nitrogens with one attached hydrogen (secondary N) is 1. The number of hydrogen-bond donors (Lipinski definition) is 2. The van der Waals surface area contributed by atoms with Gasteiger partial charge in [-0.2, -0.15) is 0 Å². The Morgan fingerprint density at radius 3 is 2.29 bits per heavy atom. The summed E-state index contributed by atoms with van der Waals surface area (Å²) < 4.78 is 0. The van der Waals surface area contributed by atoms with Crippen LogP contribution in [0.15, 0.2) is 0 Å². The Morgan fingerprint density at radius 1 is 1.43 bits per heavy atom. The molecule has 0 saturated carbocycles. The van der Waals surface area contributed by atoms with Crippen molar-refractivity contribution in [1.29, 1.82) is 0 Å². The van der Waals surface area contributed by atoms with Crippen molar-refractivity contribution in [2.45, 2.75) is 59.0 Å². The van der Waals surface area contributed by atoms with E-state index in [9.17, 15) is 4.79 Å². The van der Waals surface area contributed by atoms with Gasteiger partial charge in [-0.05, 0) is 32.6 Å². The summed E-state index contributed by atoms with van der Waals surface area (Å²) in [5, 5.41) is 2.94. The lowest BCUT2D eigenvalue weighted by molar-refractivity contribution is -0.126. The second kappa shape index (κ2) is 5.35. The number of nitrogens with two attached hydrogens (primary N) is 1. The largest absolute Gasteiger partial charge is 0.352 e. The Labute approximate surface area is 87.4 Å². The molecule has 0 aromatic rings. The number of rotatable bonds is 5. The van der Waals surface area contributed by atoms with E-state index < -0.39 is 5.54 Å². The molecule has 0 aliphatic rings. The van der Waals surface area contributed by atoms with Gasteiger partial charge in [0.15, 0.2) is 0 Å². The molecule has 0 radical (unpaired) electrons. The fourth-order valence-corrected chi connectivity index (χ4v) is 1.32. The predicted octanol–water partition coefficient (Wildman–Crippen LogP) is 1.66. The molecule has 0 heterocycles. The zero-order valence-electron chi connectivity index (χ0n) is 10.1. The van der Waals surface area contributed by atoms with Crippen molar-refractivity contribution in [3.63, 3.8) is 0 Å². The molecule has 3 nitrogen and oxygen atoms in total. The van der Waals surface area contributed by atoms with Crippen LogP contribution in [-0.2, 0) is 4.79 Å². The van der Waals surface area contributed by atoms with Crippen molar-refractivity contribution in [2.24, 2.45) is 11.7 Å². The average molecular weight is 200 g/mol. The van der Waals surface area contributed by atoms with Crippen molar-refractivity contribution in [3.8, 4) is 0 Å². The van der Waals surface area contributed by atoms with Crippen LogP contribution in [-0.4, -0.2) is 17.5 Å². The monoisotopic (exact) mass is 200 g/mol. The molecule has 2 unspecified atom stereocenters. The van der Waals surface area contributed by atoms with E-state index in [1.807, 2.05) is 13.8 Å². The number of amides is 1. The van der Waals surface area contributed by atoms with Crippen LogP contribution in [0.4, 0.5) is 0 Å². The second-order valence-electron chi connectivity index (χ2n) is 4.78. The summed E-state index contributed by atoms with van der Waals surface area (Å²) in [6.45, 7) is 10.00. The van der Waals surface area contributed by atoms with Gasteiger partial charge in [0.1, 0.15) is 0 Å². The summed E-state index contributed by atoms with van der Waals surface area (Å²) >= 11 is 0. The second-order valence-corrected chi connectivity index (χ2v) is 4.78. The Balaban J connectivity index is 4.06. The van der Waals surface area contributed by atoms with Crippen molar-refractivity contribution in [3.05, 3.63) is 0 Å². The van der Waals surface area contributed by atoms with Gasteiger partial charge in [-0.3, -0.25) is 4.79 Å². The maximum atomic E-state index is 11.7. The minimum Gasteiger partial charge on any atom is -0.352 e. The van der Waals surface area contributed by atoms with Gasteiger partial charge < -0.3 is 11.1 Å². The molecule has 3 heteroatoms. The fraction of sp³-hybridized carbons (Fsp3) is 0.909. The Bertz CT molecular complexity index is 188. The highest BCUT2D eigenvalue weighted by Gasteiger charge is 2.26. The van der Waals surface area contributed by atoms with E-state index in [2.05, 4.69) is 19.2 Å². The van der Waals surface area contributed by atoms with E-state index in [4.69, 9.17) is 5.73 Å². The molecule has 2 atom stereocenters. The predicted molar refractivity (Wildman–Crippen MR) is 59.9 cm³/mol. The summed E-state index contributed by atoms with van der Waals surface area (Å²) in [4.78, 5) is 11.7. The van der Waals surface area contributed by atoms with E-state index in [0.29, 0.717) is 12.3 Å². The average Bonchev–Trinajstić information content (AvgIpc) is 2.02.